The maximum atomic E-state index is 9.04. The van der Waals surface area contributed by atoms with Gasteiger partial charge in [0.15, 0.2) is 0 Å². The lowest BCUT2D eigenvalue weighted by Crippen LogP contribution is -2.11. The van der Waals surface area contributed by atoms with Crippen molar-refractivity contribution in [1.29, 1.82) is 5.26 Å². The van der Waals surface area contributed by atoms with Crippen LogP contribution >= 0.6 is 0 Å². The minimum atomic E-state index is 0.136. The molecule has 6 nitrogen and oxygen atoms in total. The molecular weight excluding hydrogens is 254 g/mol. The van der Waals surface area contributed by atoms with E-state index in [1.165, 1.54) is 0 Å². The lowest BCUT2D eigenvalue weighted by Gasteiger charge is -2.11. The van der Waals surface area contributed by atoms with E-state index in [9.17, 15) is 0 Å². The number of nitrogens with zero attached hydrogens (tertiary/aromatic N) is 3. The number of nitrogens with one attached hydrogen (secondary N) is 1. The van der Waals surface area contributed by atoms with Crippen LogP contribution in [-0.2, 0) is 0 Å². The van der Waals surface area contributed by atoms with E-state index in [4.69, 9.17) is 15.8 Å². The highest BCUT2D eigenvalue weighted by atomic mass is 16.5. The first kappa shape index (κ1) is 13.8. The molecule has 102 valence electrons. The number of nitrogens with two attached hydrogens (primary N) is 1. The zero-order valence-electron chi connectivity index (χ0n) is 11.3. The summed E-state index contributed by atoms with van der Waals surface area (Å²) in [4.78, 5) is 8.56. The Labute approximate surface area is 117 Å². The van der Waals surface area contributed by atoms with Gasteiger partial charge in [-0.3, -0.25) is 0 Å². The number of benzene rings is 1. The molecule has 0 aliphatic heterocycles. The van der Waals surface area contributed by atoms with Gasteiger partial charge in [-0.15, -0.1) is 0 Å². The van der Waals surface area contributed by atoms with Gasteiger partial charge in [0.05, 0.1) is 5.56 Å². The highest BCUT2D eigenvalue weighted by molar-refractivity contribution is 5.45. The van der Waals surface area contributed by atoms with Crippen molar-refractivity contribution < 1.29 is 4.74 Å². The molecule has 1 aromatic carbocycles. The number of nitrogen functional groups attached to an aromatic ring is 1. The van der Waals surface area contributed by atoms with Gasteiger partial charge in [0.25, 0.3) is 0 Å². The van der Waals surface area contributed by atoms with Crippen LogP contribution < -0.4 is 16.0 Å². The van der Waals surface area contributed by atoms with Gasteiger partial charge < -0.3 is 10.2 Å². The highest BCUT2D eigenvalue weighted by Gasteiger charge is 2.10. The second-order valence-corrected chi connectivity index (χ2v) is 4.46. The standard InChI is InChI=1S/C14H15N5O/c1-9(2)14-17-12(19-16)7-13(18-14)20-11-6-4-3-5-10(11)8-15/h3-7,9H,16H2,1-2H3,(H,17,18,19). The zero-order valence-corrected chi connectivity index (χ0v) is 11.3. The lowest BCUT2D eigenvalue weighted by molar-refractivity contribution is 0.456. The van der Waals surface area contributed by atoms with Crippen molar-refractivity contribution in [2.24, 2.45) is 5.84 Å². The minimum Gasteiger partial charge on any atom is -0.437 e. The van der Waals surface area contributed by atoms with Crippen molar-refractivity contribution in [3.8, 4) is 17.7 Å². The van der Waals surface area contributed by atoms with Gasteiger partial charge in [-0.1, -0.05) is 26.0 Å². The highest BCUT2D eigenvalue weighted by Crippen LogP contribution is 2.25. The van der Waals surface area contributed by atoms with Gasteiger partial charge in [-0.2, -0.15) is 10.2 Å². The fourth-order valence-corrected chi connectivity index (χ4v) is 1.59. The van der Waals surface area contributed by atoms with E-state index in [2.05, 4.69) is 21.5 Å². The predicted molar refractivity (Wildman–Crippen MR) is 75.2 cm³/mol. The summed E-state index contributed by atoms with van der Waals surface area (Å²) in [6.07, 6.45) is 0. The third-order valence-electron chi connectivity index (χ3n) is 2.61. The van der Waals surface area contributed by atoms with Crippen LogP contribution in [0, 0.1) is 11.3 Å². The molecule has 2 aromatic rings. The van der Waals surface area contributed by atoms with Crippen LogP contribution in [0.5, 0.6) is 11.6 Å². The van der Waals surface area contributed by atoms with Crippen LogP contribution in [0.3, 0.4) is 0 Å². The number of para-hydroxylation sites is 1. The Kier molecular flexibility index (Phi) is 4.13. The van der Waals surface area contributed by atoms with Crippen LogP contribution in [0.4, 0.5) is 5.82 Å². The third-order valence-corrected chi connectivity index (χ3v) is 2.61. The minimum absolute atomic E-state index is 0.136. The third kappa shape index (κ3) is 3.02. The molecule has 1 aromatic heterocycles. The Bertz CT molecular complexity index is 648. The summed E-state index contributed by atoms with van der Waals surface area (Å²) in [6.45, 7) is 3.95. The van der Waals surface area contributed by atoms with Crippen molar-refractivity contribution in [1.82, 2.24) is 9.97 Å². The summed E-state index contributed by atoms with van der Waals surface area (Å²) in [7, 11) is 0. The Morgan fingerprint density at radius 1 is 1.30 bits per heavy atom. The number of nitriles is 1. The van der Waals surface area contributed by atoms with Gasteiger partial charge in [0.2, 0.25) is 5.88 Å². The molecule has 1 heterocycles. The predicted octanol–water partition coefficient (Wildman–Crippen LogP) is 2.55. The van der Waals surface area contributed by atoms with Gasteiger partial charge in [-0.05, 0) is 12.1 Å². The second-order valence-electron chi connectivity index (χ2n) is 4.46. The number of hydrogen-bond acceptors (Lipinski definition) is 6. The average Bonchev–Trinajstić information content (AvgIpc) is 2.47. The van der Waals surface area contributed by atoms with Crippen LogP contribution in [0.15, 0.2) is 30.3 Å². The molecule has 0 aliphatic rings. The summed E-state index contributed by atoms with van der Waals surface area (Å²) >= 11 is 0. The molecule has 2 rings (SSSR count). The fourth-order valence-electron chi connectivity index (χ4n) is 1.59. The largest absolute Gasteiger partial charge is 0.437 e. The smallest absolute Gasteiger partial charge is 0.224 e. The Morgan fingerprint density at radius 2 is 2.05 bits per heavy atom. The molecule has 0 saturated carbocycles. The zero-order chi connectivity index (χ0) is 14.5. The fraction of sp³-hybridized carbons (Fsp3) is 0.214. The first-order chi connectivity index (χ1) is 9.63. The van der Waals surface area contributed by atoms with E-state index in [0.29, 0.717) is 28.8 Å². The molecule has 0 fully saturated rings. The Morgan fingerprint density at radius 3 is 2.70 bits per heavy atom. The van der Waals surface area contributed by atoms with Crippen molar-refractivity contribution in [3.63, 3.8) is 0 Å². The molecular formula is C14H15N5O. The first-order valence-corrected chi connectivity index (χ1v) is 6.16. The second kappa shape index (κ2) is 5.99. The number of hydrogen-bond donors (Lipinski definition) is 2. The SMILES string of the molecule is CC(C)c1nc(NN)cc(Oc2ccccc2C#N)n1. The number of hydrazine groups is 1. The number of anilines is 1. The molecule has 0 saturated heterocycles. The van der Waals surface area contributed by atoms with Crippen molar-refractivity contribution in [2.45, 2.75) is 19.8 Å². The van der Waals surface area contributed by atoms with E-state index < -0.39 is 0 Å². The molecule has 0 aliphatic carbocycles. The molecule has 6 heteroatoms. The van der Waals surface area contributed by atoms with E-state index in [1.54, 1.807) is 30.3 Å². The number of ether oxygens (including phenoxy) is 1. The van der Waals surface area contributed by atoms with E-state index in [-0.39, 0.29) is 5.92 Å². The molecule has 0 atom stereocenters. The van der Waals surface area contributed by atoms with Gasteiger partial charge in [0, 0.05) is 12.0 Å². The number of rotatable bonds is 4. The molecule has 0 unspecified atom stereocenters. The Balaban J connectivity index is 2.38. The summed E-state index contributed by atoms with van der Waals surface area (Å²) in [5.74, 6) is 7.40. The molecule has 0 spiro atoms. The van der Waals surface area contributed by atoms with Crippen molar-refractivity contribution in [2.75, 3.05) is 5.43 Å². The Hall–Kier alpha value is -2.65. The average molecular weight is 269 g/mol. The van der Waals surface area contributed by atoms with Crippen LogP contribution in [0.2, 0.25) is 0 Å². The molecule has 0 radical (unpaired) electrons. The van der Waals surface area contributed by atoms with Crippen molar-refractivity contribution >= 4 is 5.82 Å². The van der Waals surface area contributed by atoms with Crippen LogP contribution in [-0.4, -0.2) is 9.97 Å². The van der Waals surface area contributed by atoms with E-state index in [0.717, 1.165) is 0 Å². The van der Waals surface area contributed by atoms with Gasteiger partial charge in [-0.25, -0.2) is 10.8 Å². The summed E-state index contributed by atoms with van der Waals surface area (Å²) in [5, 5.41) is 9.04. The van der Waals surface area contributed by atoms with E-state index in [1.807, 2.05) is 13.8 Å². The molecule has 0 bridgehead atoms. The number of aromatic nitrogens is 2. The molecule has 0 amide bonds. The topological polar surface area (TPSA) is 96.9 Å². The molecule has 3 N–H and O–H groups in total. The monoisotopic (exact) mass is 269 g/mol. The lowest BCUT2D eigenvalue weighted by atomic mass is 10.2. The first-order valence-electron chi connectivity index (χ1n) is 6.16. The normalized spacial score (nSPS) is 10.2. The summed E-state index contributed by atoms with van der Waals surface area (Å²) in [5.41, 5.74) is 2.92. The summed E-state index contributed by atoms with van der Waals surface area (Å²) < 4.78 is 5.66. The summed E-state index contributed by atoms with van der Waals surface area (Å²) in [6, 6.07) is 10.6. The van der Waals surface area contributed by atoms with Crippen molar-refractivity contribution in [3.05, 3.63) is 41.7 Å². The molecule has 20 heavy (non-hydrogen) atoms. The maximum Gasteiger partial charge on any atom is 0.224 e. The quantitative estimate of drug-likeness (QED) is 0.654. The van der Waals surface area contributed by atoms with Crippen LogP contribution in [0.25, 0.3) is 0 Å². The van der Waals surface area contributed by atoms with Gasteiger partial charge >= 0.3 is 0 Å². The van der Waals surface area contributed by atoms with Gasteiger partial charge in [0.1, 0.15) is 23.5 Å². The van der Waals surface area contributed by atoms with E-state index >= 15 is 0 Å². The maximum absolute atomic E-state index is 9.04. The van der Waals surface area contributed by atoms with Crippen LogP contribution in [0.1, 0.15) is 31.2 Å².